The highest BCUT2D eigenvalue weighted by atomic mass is 127. The molecule has 0 aliphatic rings. The molecule has 1 rings (SSSR count). The molecular weight excluding hydrogens is 331 g/mol. The number of rotatable bonds is 4. The van der Waals surface area contributed by atoms with Crippen LogP contribution in [-0.2, 0) is 4.79 Å². The summed E-state index contributed by atoms with van der Waals surface area (Å²) >= 11 is 2.07. The zero-order chi connectivity index (χ0) is 12.8. The van der Waals surface area contributed by atoms with E-state index in [0.29, 0.717) is 17.9 Å². The van der Waals surface area contributed by atoms with E-state index in [0.717, 1.165) is 3.57 Å². The lowest BCUT2D eigenvalue weighted by Gasteiger charge is -2.07. The highest BCUT2D eigenvalue weighted by molar-refractivity contribution is 14.1. The van der Waals surface area contributed by atoms with Crippen LogP contribution in [0.15, 0.2) is 24.5 Å². The third-order valence-electron chi connectivity index (χ3n) is 1.94. The molecule has 1 aromatic rings. The fraction of sp³-hybridized carbons (Fsp3) is 0.273. The lowest BCUT2D eigenvalue weighted by molar-refractivity contribution is -0.111. The number of anilines is 2. The molecule has 0 saturated heterocycles. The van der Waals surface area contributed by atoms with Gasteiger partial charge in [-0.3, -0.25) is 9.78 Å². The Kier molecular flexibility index (Phi) is 5.36. The molecule has 1 aromatic heterocycles. The van der Waals surface area contributed by atoms with Crippen LogP contribution in [0.3, 0.4) is 0 Å². The van der Waals surface area contributed by atoms with Gasteiger partial charge in [0.2, 0.25) is 5.91 Å². The van der Waals surface area contributed by atoms with E-state index >= 15 is 0 Å². The number of aromatic nitrogens is 1. The van der Waals surface area contributed by atoms with Gasteiger partial charge in [-0.15, -0.1) is 0 Å². The van der Waals surface area contributed by atoms with Crippen molar-refractivity contribution in [3.63, 3.8) is 0 Å². The number of likely N-dealkylation sites (N-methyl/N-ethyl adjacent to an activating group) is 1. The minimum Gasteiger partial charge on any atom is -0.396 e. The number of nitrogen functional groups attached to an aromatic ring is 1. The molecule has 0 saturated carbocycles. The summed E-state index contributed by atoms with van der Waals surface area (Å²) in [5.41, 5.74) is 6.89. The number of nitrogens with one attached hydrogen (secondary N) is 1. The zero-order valence-corrected chi connectivity index (χ0v) is 11.9. The number of hydrogen-bond donors (Lipinski definition) is 2. The monoisotopic (exact) mass is 346 g/mol. The Balaban J connectivity index is 2.62. The molecule has 0 fully saturated rings. The molecule has 6 heteroatoms. The smallest absolute Gasteiger partial charge is 0.248 e. The van der Waals surface area contributed by atoms with Crippen molar-refractivity contribution in [2.24, 2.45) is 0 Å². The van der Waals surface area contributed by atoms with Crippen molar-refractivity contribution in [2.75, 3.05) is 31.7 Å². The molecule has 0 unspecified atom stereocenters. The number of amides is 1. The summed E-state index contributed by atoms with van der Waals surface area (Å²) in [7, 11) is 3.87. The highest BCUT2D eigenvalue weighted by Gasteiger charge is 2.05. The molecule has 0 aliphatic heterocycles. The number of nitrogens with two attached hydrogens (primary N) is 1. The van der Waals surface area contributed by atoms with Gasteiger partial charge in [-0.1, -0.05) is 6.08 Å². The Labute approximate surface area is 114 Å². The molecule has 0 atom stereocenters. The second-order valence-corrected chi connectivity index (χ2v) is 4.90. The minimum atomic E-state index is -0.206. The third kappa shape index (κ3) is 4.70. The van der Waals surface area contributed by atoms with E-state index in [1.807, 2.05) is 19.0 Å². The molecular formula is C11H15IN4O. The van der Waals surface area contributed by atoms with Crippen LogP contribution in [0, 0.1) is 3.57 Å². The van der Waals surface area contributed by atoms with Crippen molar-refractivity contribution in [3.05, 3.63) is 28.1 Å². The predicted octanol–water partition coefficient (Wildman–Crippen LogP) is 1.32. The molecule has 0 aliphatic carbocycles. The third-order valence-corrected chi connectivity index (χ3v) is 2.80. The summed E-state index contributed by atoms with van der Waals surface area (Å²) in [4.78, 5) is 17.5. The molecule has 0 spiro atoms. The largest absolute Gasteiger partial charge is 0.396 e. The van der Waals surface area contributed by atoms with E-state index in [9.17, 15) is 4.79 Å². The van der Waals surface area contributed by atoms with Crippen LogP contribution in [0.4, 0.5) is 11.4 Å². The molecule has 0 aromatic carbocycles. The maximum absolute atomic E-state index is 11.6. The van der Waals surface area contributed by atoms with Gasteiger partial charge in [0.25, 0.3) is 0 Å². The van der Waals surface area contributed by atoms with Crippen LogP contribution < -0.4 is 11.1 Å². The number of nitrogens with zero attached hydrogens (tertiary/aromatic N) is 2. The van der Waals surface area contributed by atoms with Crippen LogP contribution >= 0.6 is 22.6 Å². The number of carbonyl (C=O) groups excluding carboxylic acids is 1. The number of pyridine rings is 1. The Morgan fingerprint density at radius 1 is 1.59 bits per heavy atom. The van der Waals surface area contributed by atoms with Crippen molar-refractivity contribution >= 4 is 39.9 Å². The summed E-state index contributed by atoms with van der Waals surface area (Å²) in [6, 6.07) is 0. The van der Waals surface area contributed by atoms with Crippen LogP contribution in [0.5, 0.6) is 0 Å². The average molecular weight is 346 g/mol. The van der Waals surface area contributed by atoms with Gasteiger partial charge in [0.05, 0.1) is 21.1 Å². The maximum atomic E-state index is 11.6. The van der Waals surface area contributed by atoms with E-state index < -0.39 is 0 Å². The van der Waals surface area contributed by atoms with E-state index in [4.69, 9.17) is 5.73 Å². The summed E-state index contributed by atoms with van der Waals surface area (Å²) in [6.45, 7) is 0.716. The molecule has 0 radical (unpaired) electrons. The topological polar surface area (TPSA) is 71.2 Å². The Hall–Kier alpha value is -1.15. The first-order valence-corrected chi connectivity index (χ1v) is 6.10. The van der Waals surface area contributed by atoms with Crippen molar-refractivity contribution in [1.29, 1.82) is 0 Å². The van der Waals surface area contributed by atoms with Crippen LogP contribution in [0.25, 0.3) is 0 Å². The summed E-state index contributed by atoms with van der Waals surface area (Å²) in [5.74, 6) is -0.206. The molecule has 17 heavy (non-hydrogen) atoms. The first-order chi connectivity index (χ1) is 8.00. The van der Waals surface area contributed by atoms with Crippen LogP contribution in [-0.4, -0.2) is 36.4 Å². The first kappa shape index (κ1) is 13.9. The molecule has 5 nitrogen and oxygen atoms in total. The van der Waals surface area contributed by atoms with Crippen LogP contribution in [0.2, 0.25) is 0 Å². The van der Waals surface area contributed by atoms with Gasteiger partial charge < -0.3 is 16.0 Å². The van der Waals surface area contributed by atoms with Gasteiger partial charge in [-0.25, -0.2) is 0 Å². The van der Waals surface area contributed by atoms with Crippen molar-refractivity contribution in [2.45, 2.75) is 0 Å². The fourth-order valence-electron chi connectivity index (χ4n) is 1.09. The zero-order valence-electron chi connectivity index (χ0n) is 9.77. The van der Waals surface area contributed by atoms with Crippen LogP contribution in [0.1, 0.15) is 0 Å². The van der Waals surface area contributed by atoms with Crippen molar-refractivity contribution in [3.8, 4) is 0 Å². The van der Waals surface area contributed by atoms with E-state index in [1.165, 1.54) is 12.3 Å². The highest BCUT2D eigenvalue weighted by Crippen LogP contribution is 2.22. The summed E-state index contributed by atoms with van der Waals surface area (Å²) < 4.78 is 0.817. The van der Waals surface area contributed by atoms with Crippen molar-refractivity contribution < 1.29 is 4.79 Å². The molecule has 1 amide bonds. The Morgan fingerprint density at radius 3 is 2.94 bits per heavy atom. The second-order valence-electron chi connectivity index (χ2n) is 3.74. The fourth-order valence-corrected chi connectivity index (χ4v) is 1.54. The van der Waals surface area contributed by atoms with Gasteiger partial charge in [0.1, 0.15) is 0 Å². The SMILES string of the molecule is CN(C)CC=CC(=O)Nc1cncc(I)c1N. The average Bonchev–Trinajstić information content (AvgIpc) is 2.24. The molecule has 92 valence electrons. The normalized spacial score (nSPS) is 11.1. The van der Waals surface area contributed by atoms with E-state index in [-0.39, 0.29) is 5.91 Å². The number of carbonyl (C=O) groups is 1. The van der Waals surface area contributed by atoms with E-state index in [1.54, 1.807) is 12.3 Å². The van der Waals surface area contributed by atoms with Gasteiger partial charge in [0, 0.05) is 18.8 Å². The summed E-state index contributed by atoms with van der Waals surface area (Å²) in [5, 5.41) is 2.69. The van der Waals surface area contributed by atoms with Gasteiger partial charge >= 0.3 is 0 Å². The Bertz CT molecular complexity index is 431. The number of halogens is 1. The van der Waals surface area contributed by atoms with E-state index in [2.05, 4.69) is 32.9 Å². The minimum absolute atomic E-state index is 0.206. The van der Waals surface area contributed by atoms with Gasteiger partial charge in [-0.2, -0.15) is 0 Å². The number of hydrogen-bond acceptors (Lipinski definition) is 4. The first-order valence-electron chi connectivity index (χ1n) is 5.02. The van der Waals surface area contributed by atoms with Crippen molar-refractivity contribution in [1.82, 2.24) is 9.88 Å². The lowest BCUT2D eigenvalue weighted by atomic mass is 10.3. The Morgan fingerprint density at radius 2 is 2.29 bits per heavy atom. The maximum Gasteiger partial charge on any atom is 0.248 e. The second kappa shape index (κ2) is 6.55. The molecule has 1 heterocycles. The molecule has 3 N–H and O–H groups in total. The quantitative estimate of drug-likeness (QED) is 0.637. The molecule has 0 bridgehead atoms. The predicted molar refractivity (Wildman–Crippen MR) is 77.7 cm³/mol. The lowest BCUT2D eigenvalue weighted by Crippen LogP contribution is -2.13. The summed E-state index contributed by atoms with van der Waals surface area (Å²) in [6.07, 6.45) is 6.45. The van der Waals surface area contributed by atoms with Gasteiger partial charge in [-0.05, 0) is 36.7 Å². The standard InChI is InChI=1S/C11H15IN4O/c1-16(2)5-3-4-10(17)15-9-7-14-6-8(12)11(9)13/h3-4,6-7H,5H2,1-2H3,(H2,13,14)(H,15,17). The van der Waals surface area contributed by atoms with Gasteiger partial charge in [0.15, 0.2) is 0 Å².